The van der Waals surface area contributed by atoms with Crippen LogP contribution < -0.4 is 0 Å². The monoisotopic (exact) mass is 418 g/mol. The van der Waals surface area contributed by atoms with Crippen molar-refractivity contribution in [2.75, 3.05) is 0 Å². The van der Waals surface area contributed by atoms with Crippen molar-refractivity contribution in [2.24, 2.45) is 0 Å². The second kappa shape index (κ2) is 6.34. The van der Waals surface area contributed by atoms with Crippen LogP contribution >= 0.6 is 33.9 Å². The van der Waals surface area contributed by atoms with Gasteiger partial charge in [-0.15, -0.1) is 11.3 Å². The van der Waals surface area contributed by atoms with Crippen LogP contribution in [0.15, 0.2) is 54.6 Å². The van der Waals surface area contributed by atoms with Gasteiger partial charge >= 0.3 is 0 Å². The maximum absolute atomic E-state index is 12.6. The summed E-state index contributed by atoms with van der Waals surface area (Å²) in [6.07, 6.45) is 0. The van der Waals surface area contributed by atoms with Crippen LogP contribution in [0.25, 0.3) is 10.4 Å². The van der Waals surface area contributed by atoms with E-state index in [0.29, 0.717) is 0 Å². The summed E-state index contributed by atoms with van der Waals surface area (Å²) in [6, 6.07) is 18.2. The van der Waals surface area contributed by atoms with E-state index in [4.69, 9.17) is 0 Å². The van der Waals surface area contributed by atoms with E-state index in [1.165, 1.54) is 11.1 Å². The molecule has 0 N–H and O–H groups in total. The van der Waals surface area contributed by atoms with Gasteiger partial charge in [-0.25, -0.2) is 0 Å². The number of hydrogen-bond donors (Lipinski definition) is 0. The molecule has 0 amide bonds. The van der Waals surface area contributed by atoms with Crippen LogP contribution in [-0.4, -0.2) is 5.78 Å². The molecule has 0 aliphatic carbocycles. The minimum absolute atomic E-state index is 0.0984. The van der Waals surface area contributed by atoms with Crippen molar-refractivity contribution in [1.82, 2.24) is 0 Å². The van der Waals surface area contributed by atoms with Crippen molar-refractivity contribution in [3.8, 4) is 10.4 Å². The Labute approximate surface area is 148 Å². The van der Waals surface area contributed by atoms with Crippen LogP contribution in [0.1, 0.15) is 26.4 Å². The second-order valence-corrected chi connectivity index (χ2v) is 7.56. The summed E-state index contributed by atoms with van der Waals surface area (Å²) in [6.45, 7) is 4.10. The van der Waals surface area contributed by atoms with Crippen molar-refractivity contribution in [3.05, 3.63) is 79.7 Å². The first kappa shape index (κ1) is 15.4. The first-order chi connectivity index (χ1) is 10.5. The molecule has 3 rings (SSSR count). The first-order valence-electron chi connectivity index (χ1n) is 7.02. The minimum atomic E-state index is 0.0984. The Morgan fingerprint density at radius 3 is 2.05 bits per heavy atom. The maximum atomic E-state index is 12.6. The summed E-state index contributed by atoms with van der Waals surface area (Å²) >= 11 is 3.88. The van der Waals surface area contributed by atoms with Gasteiger partial charge in [-0.2, -0.15) is 0 Å². The van der Waals surface area contributed by atoms with Gasteiger partial charge in [-0.1, -0.05) is 59.7 Å². The molecule has 0 aliphatic rings. The molecule has 3 heteroatoms. The Morgan fingerprint density at radius 1 is 0.909 bits per heavy atom. The zero-order chi connectivity index (χ0) is 15.7. The summed E-state index contributed by atoms with van der Waals surface area (Å²) in [5.41, 5.74) is 4.32. The third kappa shape index (κ3) is 3.15. The topological polar surface area (TPSA) is 17.1 Å². The minimum Gasteiger partial charge on any atom is -0.288 e. The van der Waals surface area contributed by atoms with E-state index in [-0.39, 0.29) is 5.78 Å². The van der Waals surface area contributed by atoms with Crippen molar-refractivity contribution >= 4 is 39.7 Å². The molecule has 0 atom stereocenters. The van der Waals surface area contributed by atoms with E-state index < -0.39 is 0 Å². The lowest BCUT2D eigenvalue weighted by molar-refractivity contribution is 0.104. The Morgan fingerprint density at radius 2 is 1.45 bits per heavy atom. The quantitative estimate of drug-likeness (QED) is 0.384. The van der Waals surface area contributed by atoms with Gasteiger partial charge < -0.3 is 0 Å². The smallest absolute Gasteiger partial charge is 0.202 e. The average Bonchev–Trinajstić information content (AvgIpc) is 2.90. The molecule has 0 bridgehead atoms. The summed E-state index contributed by atoms with van der Waals surface area (Å²) in [4.78, 5) is 14.6. The Hall–Kier alpha value is -1.46. The number of carbonyl (C=O) groups excluding carboxylic acids is 1. The molecule has 0 saturated heterocycles. The van der Waals surface area contributed by atoms with Gasteiger partial charge in [0.1, 0.15) is 0 Å². The first-order valence-corrected chi connectivity index (χ1v) is 8.92. The molecule has 0 fully saturated rings. The molecule has 0 aliphatic heterocycles. The Balaban J connectivity index is 1.96. The van der Waals surface area contributed by atoms with E-state index in [1.54, 1.807) is 11.3 Å². The summed E-state index contributed by atoms with van der Waals surface area (Å²) in [5.74, 6) is 0.0984. The Kier molecular flexibility index (Phi) is 4.45. The van der Waals surface area contributed by atoms with Crippen LogP contribution in [-0.2, 0) is 0 Å². The normalized spacial score (nSPS) is 10.7. The number of rotatable bonds is 3. The van der Waals surface area contributed by atoms with Crippen LogP contribution in [0.4, 0.5) is 0 Å². The highest BCUT2D eigenvalue weighted by Crippen LogP contribution is 2.35. The molecule has 110 valence electrons. The van der Waals surface area contributed by atoms with Crippen molar-refractivity contribution in [1.29, 1.82) is 0 Å². The van der Waals surface area contributed by atoms with Crippen molar-refractivity contribution < 1.29 is 4.79 Å². The van der Waals surface area contributed by atoms with Crippen LogP contribution in [0.5, 0.6) is 0 Å². The largest absolute Gasteiger partial charge is 0.288 e. The Bertz CT molecular complexity index is 814. The maximum Gasteiger partial charge on any atom is 0.202 e. The fourth-order valence-corrected chi connectivity index (χ4v) is 4.41. The highest BCUT2D eigenvalue weighted by atomic mass is 127. The molecule has 0 unspecified atom stereocenters. The molecule has 3 aromatic rings. The summed E-state index contributed by atoms with van der Waals surface area (Å²) in [7, 11) is 0. The van der Waals surface area contributed by atoms with Gasteiger partial charge in [0, 0.05) is 14.0 Å². The van der Waals surface area contributed by atoms with Crippen LogP contribution in [0.2, 0.25) is 0 Å². The van der Waals surface area contributed by atoms with E-state index >= 15 is 0 Å². The van der Waals surface area contributed by atoms with Gasteiger partial charge in [0.25, 0.3) is 0 Å². The lowest BCUT2D eigenvalue weighted by atomic mass is 10.1. The zero-order valence-corrected chi connectivity index (χ0v) is 15.4. The van der Waals surface area contributed by atoms with Gasteiger partial charge in [0.05, 0.1) is 4.88 Å². The fraction of sp³-hybridized carbons (Fsp3) is 0.105. The second-order valence-electron chi connectivity index (χ2n) is 5.35. The standard InChI is InChI=1S/C19H15IOS/c1-12-3-7-14(8-4-12)18(21)17-11-16(20)19(22-17)15-9-5-13(2)6-10-15/h3-11H,1-2H3. The number of hydrogen-bond acceptors (Lipinski definition) is 2. The molecule has 0 saturated carbocycles. The number of ketones is 1. The highest BCUT2D eigenvalue weighted by molar-refractivity contribution is 14.1. The third-order valence-corrected chi connectivity index (χ3v) is 5.94. The van der Waals surface area contributed by atoms with Crippen molar-refractivity contribution in [2.45, 2.75) is 13.8 Å². The number of aryl methyl sites for hydroxylation is 2. The predicted octanol–water partition coefficient (Wildman–Crippen LogP) is 5.87. The van der Waals surface area contributed by atoms with E-state index in [0.717, 1.165) is 24.5 Å². The van der Waals surface area contributed by atoms with Gasteiger partial charge in [0.15, 0.2) is 0 Å². The molecule has 1 nitrogen and oxygen atoms in total. The fourth-order valence-electron chi connectivity index (χ4n) is 2.23. The molecule has 2 aromatic carbocycles. The number of carbonyl (C=O) groups is 1. The zero-order valence-electron chi connectivity index (χ0n) is 12.4. The molecule has 1 aromatic heterocycles. The predicted molar refractivity (Wildman–Crippen MR) is 102 cm³/mol. The number of halogens is 1. The molecular weight excluding hydrogens is 403 g/mol. The number of thiophene rings is 1. The molecule has 22 heavy (non-hydrogen) atoms. The third-order valence-electron chi connectivity index (χ3n) is 3.54. The van der Waals surface area contributed by atoms with Gasteiger partial charge in [0.2, 0.25) is 5.78 Å². The molecule has 1 heterocycles. The van der Waals surface area contributed by atoms with E-state index in [9.17, 15) is 4.79 Å². The molecular formula is C19H15IOS. The lowest BCUT2D eigenvalue weighted by Gasteiger charge is -2.00. The summed E-state index contributed by atoms with van der Waals surface area (Å²) < 4.78 is 1.13. The van der Waals surface area contributed by atoms with Crippen molar-refractivity contribution in [3.63, 3.8) is 0 Å². The van der Waals surface area contributed by atoms with E-state index in [1.807, 2.05) is 37.3 Å². The van der Waals surface area contributed by atoms with Gasteiger partial charge in [-0.3, -0.25) is 4.79 Å². The lowest BCUT2D eigenvalue weighted by Crippen LogP contribution is -1.97. The highest BCUT2D eigenvalue weighted by Gasteiger charge is 2.16. The number of benzene rings is 2. The van der Waals surface area contributed by atoms with Crippen LogP contribution in [0, 0.1) is 17.4 Å². The van der Waals surface area contributed by atoms with E-state index in [2.05, 4.69) is 53.8 Å². The van der Waals surface area contributed by atoms with Gasteiger partial charge in [-0.05, 0) is 48.1 Å². The SMILES string of the molecule is Cc1ccc(C(=O)c2cc(I)c(-c3ccc(C)cc3)s2)cc1. The summed E-state index contributed by atoms with van der Waals surface area (Å²) in [5, 5.41) is 0. The van der Waals surface area contributed by atoms with Crippen LogP contribution in [0.3, 0.4) is 0 Å². The molecule has 0 spiro atoms. The average molecular weight is 418 g/mol. The molecule has 0 radical (unpaired) electrons.